The number of urea groups is 1. The van der Waals surface area contributed by atoms with E-state index in [1.165, 1.54) is 0 Å². The van der Waals surface area contributed by atoms with Gasteiger partial charge in [-0.15, -0.1) is 0 Å². The van der Waals surface area contributed by atoms with Crippen molar-refractivity contribution in [3.8, 4) is 0 Å². The minimum Gasteiger partial charge on any atom is -0.330 e. The molecule has 0 aliphatic carbocycles. The first-order valence-corrected chi connectivity index (χ1v) is 6.61. The maximum absolute atomic E-state index is 12.0. The molecule has 0 aliphatic heterocycles. The van der Waals surface area contributed by atoms with Gasteiger partial charge in [-0.05, 0) is 36.6 Å². The summed E-state index contributed by atoms with van der Waals surface area (Å²) in [6, 6.07) is 5.29. The van der Waals surface area contributed by atoms with E-state index < -0.39 is 0 Å². The lowest BCUT2D eigenvalue weighted by Crippen LogP contribution is -2.41. The van der Waals surface area contributed by atoms with E-state index in [-0.39, 0.29) is 11.4 Å². The largest absolute Gasteiger partial charge is 0.330 e. The van der Waals surface area contributed by atoms with Gasteiger partial charge in [0.05, 0.1) is 0 Å². The summed E-state index contributed by atoms with van der Waals surface area (Å²) in [6.45, 7) is 7.10. The first-order valence-electron chi connectivity index (χ1n) is 6.23. The van der Waals surface area contributed by atoms with Crippen molar-refractivity contribution in [2.75, 3.05) is 25.5 Å². The summed E-state index contributed by atoms with van der Waals surface area (Å²) < 4.78 is 0. The Morgan fingerprint density at radius 3 is 2.63 bits per heavy atom. The highest BCUT2D eigenvalue weighted by Crippen LogP contribution is 2.20. The number of carbonyl (C=O) groups is 1. The van der Waals surface area contributed by atoms with E-state index in [4.69, 9.17) is 17.3 Å². The molecular weight excluding hydrogens is 262 g/mol. The number of hydrogen-bond donors (Lipinski definition) is 2. The van der Waals surface area contributed by atoms with Crippen LogP contribution in [-0.2, 0) is 0 Å². The summed E-state index contributed by atoms with van der Waals surface area (Å²) in [5, 5.41) is 3.46. The number of rotatable bonds is 4. The maximum Gasteiger partial charge on any atom is 0.321 e. The number of nitrogens with two attached hydrogens (primary N) is 1. The van der Waals surface area contributed by atoms with Crippen molar-refractivity contribution < 1.29 is 4.79 Å². The lowest BCUT2D eigenvalue weighted by atomic mass is 9.93. The first-order chi connectivity index (χ1) is 8.75. The molecule has 0 unspecified atom stereocenters. The van der Waals surface area contributed by atoms with Crippen LogP contribution in [0, 0.1) is 12.3 Å². The third-order valence-electron chi connectivity index (χ3n) is 2.99. The Balaban J connectivity index is 2.66. The standard InChI is InChI=1S/C14H22ClN3O/c1-10-5-6-11(7-12(10)15)17-13(19)18(4)9-14(2,3)8-16/h5-7H,8-9,16H2,1-4H3,(H,17,19). The van der Waals surface area contributed by atoms with Gasteiger partial charge in [0.2, 0.25) is 0 Å². The minimum atomic E-state index is -0.165. The highest BCUT2D eigenvalue weighted by atomic mass is 35.5. The van der Waals surface area contributed by atoms with E-state index in [0.717, 1.165) is 5.56 Å². The highest BCUT2D eigenvalue weighted by molar-refractivity contribution is 6.31. The fourth-order valence-electron chi connectivity index (χ4n) is 1.67. The SMILES string of the molecule is Cc1ccc(NC(=O)N(C)CC(C)(C)CN)cc1Cl. The molecule has 1 aromatic carbocycles. The van der Waals surface area contributed by atoms with Gasteiger partial charge in [-0.3, -0.25) is 0 Å². The van der Waals surface area contributed by atoms with Crippen molar-refractivity contribution >= 4 is 23.3 Å². The van der Waals surface area contributed by atoms with Gasteiger partial charge < -0.3 is 16.0 Å². The highest BCUT2D eigenvalue weighted by Gasteiger charge is 2.21. The molecule has 0 bridgehead atoms. The van der Waals surface area contributed by atoms with Gasteiger partial charge in [0.15, 0.2) is 0 Å². The Morgan fingerprint density at radius 1 is 1.47 bits per heavy atom. The van der Waals surface area contributed by atoms with Crippen LogP contribution in [0.1, 0.15) is 19.4 Å². The quantitative estimate of drug-likeness (QED) is 0.892. The van der Waals surface area contributed by atoms with Gasteiger partial charge in [0.1, 0.15) is 0 Å². The molecule has 19 heavy (non-hydrogen) atoms. The summed E-state index contributed by atoms with van der Waals surface area (Å²) in [6.07, 6.45) is 0. The van der Waals surface area contributed by atoms with E-state index in [0.29, 0.717) is 23.8 Å². The fraction of sp³-hybridized carbons (Fsp3) is 0.500. The molecule has 0 saturated heterocycles. The molecular formula is C14H22ClN3O. The van der Waals surface area contributed by atoms with E-state index in [1.54, 1.807) is 18.0 Å². The van der Waals surface area contributed by atoms with Crippen LogP contribution in [0.25, 0.3) is 0 Å². The first kappa shape index (κ1) is 15.8. The zero-order valence-electron chi connectivity index (χ0n) is 12.0. The van der Waals surface area contributed by atoms with Crippen molar-refractivity contribution in [1.82, 2.24) is 4.90 Å². The molecule has 0 atom stereocenters. The lowest BCUT2D eigenvalue weighted by Gasteiger charge is -2.29. The van der Waals surface area contributed by atoms with Crippen molar-refractivity contribution in [1.29, 1.82) is 0 Å². The summed E-state index contributed by atoms with van der Waals surface area (Å²) >= 11 is 6.02. The van der Waals surface area contributed by atoms with Gasteiger partial charge in [0.25, 0.3) is 0 Å². The number of nitrogens with one attached hydrogen (secondary N) is 1. The molecule has 0 fully saturated rings. The Labute approximate surface area is 119 Å². The Kier molecular flexibility index (Phi) is 5.20. The molecule has 0 saturated carbocycles. The van der Waals surface area contributed by atoms with Gasteiger partial charge in [0, 0.05) is 24.3 Å². The predicted molar refractivity (Wildman–Crippen MR) is 80.7 cm³/mol. The number of aryl methyl sites for hydroxylation is 1. The molecule has 4 nitrogen and oxygen atoms in total. The smallest absolute Gasteiger partial charge is 0.321 e. The van der Waals surface area contributed by atoms with Gasteiger partial charge >= 0.3 is 6.03 Å². The predicted octanol–water partition coefficient (Wildman–Crippen LogP) is 3.10. The Morgan fingerprint density at radius 2 is 2.11 bits per heavy atom. The van der Waals surface area contributed by atoms with Crippen LogP contribution in [0.2, 0.25) is 5.02 Å². The molecule has 3 N–H and O–H groups in total. The second-order valence-corrected chi connectivity index (χ2v) is 6.03. The number of anilines is 1. The topological polar surface area (TPSA) is 58.4 Å². The van der Waals surface area contributed by atoms with Crippen molar-refractivity contribution in [2.24, 2.45) is 11.1 Å². The third kappa shape index (κ3) is 4.73. The summed E-state index contributed by atoms with van der Waals surface area (Å²) in [5.74, 6) is 0. The molecule has 0 heterocycles. The molecule has 2 amide bonds. The van der Waals surface area contributed by atoms with E-state index in [2.05, 4.69) is 5.32 Å². The molecule has 1 aromatic rings. The van der Waals surface area contributed by atoms with E-state index >= 15 is 0 Å². The normalized spacial score (nSPS) is 11.3. The number of nitrogens with zero attached hydrogens (tertiary/aromatic N) is 1. The zero-order chi connectivity index (χ0) is 14.6. The van der Waals surface area contributed by atoms with Crippen LogP contribution >= 0.6 is 11.6 Å². The number of halogens is 1. The van der Waals surface area contributed by atoms with Crippen molar-refractivity contribution in [3.63, 3.8) is 0 Å². The molecule has 106 valence electrons. The summed E-state index contributed by atoms with van der Waals surface area (Å²) in [4.78, 5) is 13.7. The monoisotopic (exact) mass is 283 g/mol. The average molecular weight is 284 g/mol. The second-order valence-electron chi connectivity index (χ2n) is 5.62. The zero-order valence-corrected chi connectivity index (χ0v) is 12.7. The number of amides is 2. The van der Waals surface area contributed by atoms with Crippen LogP contribution in [0.5, 0.6) is 0 Å². The van der Waals surface area contributed by atoms with E-state index in [1.807, 2.05) is 32.9 Å². The van der Waals surface area contributed by atoms with Crippen LogP contribution in [0.4, 0.5) is 10.5 Å². The summed E-state index contributed by atoms with van der Waals surface area (Å²) in [5.41, 5.74) is 7.24. The lowest BCUT2D eigenvalue weighted by molar-refractivity contribution is 0.197. The van der Waals surface area contributed by atoms with Gasteiger partial charge in [-0.1, -0.05) is 31.5 Å². The van der Waals surface area contributed by atoms with Crippen LogP contribution in [0.15, 0.2) is 18.2 Å². The number of hydrogen-bond acceptors (Lipinski definition) is 2. The van der Waals surface area contributed by atoms with Gasteiger partial charge in [-0.2, -0.15) is 0 Å². The molecule has 5 heteroatoms. The molecule has 0 aliphatic rings. The maximum atomic E-state index is 12.0. The van der Waals surface area contributed by atoms with Crippen LogP contribution in [-0.4, -0.2) is 31.1 Å². The third-order valence-corrected chi connectivity index (χ3v) is 3.39. The average Bonchev–Trinajstić information content (AvgIpc) is 2.33. The van der Waals surface area contributed by atoms with Crippen molar-refractivity contribution in [3.05, 3.63) is 28.8 Å². The van der Waals surface area contributed by atoms with E-state index in [9.17, 15) is 4.79 Å². The molecule has 1 rings (SSSR count). The Bertz CT molecular complexity index is 460. The van der Waals surface area contributed by atoms with Crippen LogP contribution < -0.4 is 11.1 Å². The number of carbonyl (C=O) groups excluding carboxylic acids is 1. The minimum absolute atomic E-state index is 0.100. The summed E-state index contributed by atoms with van der Waals surface area (Å²) in [7, 11) is 1.75. The molecule has 0 radical (unpaired) electrons. The number of benzene rings is 1. The van der Waals surface area contributed by atoms with Gasteiger partial charge in [-0.25, -0.2) is 4.79 Å². The molecule has 0 aromatic heterocycles. The fourth-order valence-corrected chi connectivity index (χ4v) is 1.85. The van der Waals surface area contributed by atoms with Crippen molar-refractivity contribution in [2.45, 2.75) is 20.8 Å². The van der Waals surface area contributed by atoms with Crippen LogP contribution in [0.3, 0.4) is 0 Å². The second kappa shape index (κ2) is 6.26. The molecule has 0 spiro atoms. The Hall–Kier alpha value is -1.26.